The molecular weight excluding hydrogens is 239 g/mol. The van der Waals surface area contributed by atoms with Crippen LogP contribution in [0.5, 0.6) is 0 Å². The minimum atomic E-state index is -4.30. The van der Waals surface area contributed by atoms with Gasteiger partial charge in [0, 0.05) is 6.61 Å². The Morgan fingerprint density at radius 3 is 2.35 bits per heavy atom. The summed E-state index contributed by atoms with van der Waals surface area (Å²) in [5.41, 5.74) is 4.56. The first-order valence-corrected chi connectivity index (χ1v) is 5.21. The Hall–Kier alpha value is -0.820. The van der Waals surface area contributed by atoms with E-state index in [1.165, 1.54) is 14.0 Å². The van der Waals surface area contributed by atoms with E-state index in [-0.39, 0.29) is 6.61 Å². The summed E-state index contributed by atoms with van der Waals surface area (Å²) in [6.45, 7) is 0.274. The third-order valence-corrected chi connectivity index (χ3v) is 2.15. The van der Waals surface area contributed by atoms with Gasteiger partial charge in [-0.3, -0.25) is 4.79 Å². The number of unbranched alkanes of at least 4 members (excludes halogenated alkanes) is 1. The maximum Gasteiger partial charge on any atom is 0.411 e. The van der Waals surface area contributed by atoms with Gasteiger partial charge < -0.3 is 15.2 Å². The van der Waals surface area contributed by atoms with Gasteiger partial charge in [0.1, 0.15) is 12.1 Å². The standard InChI is InChI=1S/C10H18F3NO3/c1-9(14,8(15)16-2)5-3-4-6-17-7-10(11,12)13/h3-7,14H2,1-2H3. The highest BCUT2D eigenvalue weighted by Crippen LogP contribution is 2.15. The Bertz CT molecular complexity index is 241. The molecule has 0 bridgehead atoms. The smallest absolute Gasteiger partial charge is 0.411 e. The predicted molar refractivity (Wildman–Crippen MR) is 55.3 cm³/mol. The molecule has 0 aromatic carbocycles. The van der Waals surface area contributed by atoms with Crippen LogP contribution in [0.25, 0.3) is 0 Å². The zero-order valence-corrected chi connectivity index (χ0v) is 9.97. The number of ether oxygens (including phenoxy) is 2. The van der Waals surface area contributed by atoms with Gasteiger partial charge in [0.2, 0.25) is 0 Å². The lowest BCUT2D eigenvalue weighted by atomic mass is 9.96. The second-order valence-electron chi connectivity index (χ2n) is 4.03. The molecule has 0 aliphatic carbocycles. The van der Waals surface area contributed by atoms with E-state index in [1.807, 2.05) is 0 Å². The number of carbonyl (C=O) groups is 1. The first-order chi connectivity index (χ1) is 7.69. The summed E-state index contributed by atoms with van der Waals surface area (Å²) in [4.78, 5) is 11.2. The Morgan fingerprint density at radius 2 is 1.88 bits per heavy atom. The fourth-order valence-electron chi connectivity index (χ4n) is 1.22. The van der Waals surface area contributed by atoms with E-state index in [0.717, 1.165) is 0 Å². The van der Waals surface area contributed by atoms with Gasteiger partial charge >= 0.3 is 12.1 Å². The average molecular weight is 257 g/mol. The van der Waals surface area contributed by atoms with E-state index < -0.39 is 24.3 Å². The zero-order chi connectivity index (χ0) is 13.5. The molecule has 2 N–H and O–H groups in total. The number of halogens is 3. The molecule has 0 saturated carbocycles. The van der Waals surface area contributed by atoms with Crippen molar-refractivity contribution in [3.05, 3.63) is 0 Å². The Balaban J connectivity index is 3.62. The van der Waals surface area contributed by atoms with E-state index in [9.17, 15) is 18.0 Å². The Kier molecular flexibility index (Phi) is 6.48. The van der Waals surface area contributed by atoms with Crippen molar-refractivity contribution >= 4 is 5.97 Å². The van der Waals surface area contributed by atoms with E-state index in [0.29, 0.717) is 19.3 Å². The molecule has 1 atom stereocenters. The molecule has 0 radical (unpaired) electrons. The molecule has 0 fully saturated rings. The zero-order valence-electron chi connectivity index (χ0n) is 9.97. The number of hydrogen-bond acceptors (Lipinski definition) is 4. The third-order valence-electron chi connectivity index (χ3n) is 2.15. The fourth-order valence-corrected chi connectivity index (χ4v) is 1.22. The van der Waals surface area contributed by atoms with Gasteiger partial charge in [0.05, 0.1) is 7.11 Å². The van der Waals surface area contributed by atoms with Crippen molar-refractivity contribution in [2.75, 3.05) is 20.3 Å². The van der Waals surface area contributed by atoms with Crippen LogP contribution in [0.3, 0.4) is 0 Å². The number of esters is 1. The van der Waals surface area contributed by atoms with Crippen LogP contribution in [0.2, 0.25) is 0 Å². The Labute approximate surface area is 98.2 Å². The summed E-state index contributed by atoms with van der Waals surface area (Å²) in [6.07, 6.45) is -3.04. The van der Waals surface area contributed by atoms with Crippen molar-refractivity contribution in [1.82, 2.24) is 0 Å². The lowest BCUT2D eigenvalue weighted by Gasteiger charge is -2.21. The maximum absolute atomic E-state index is 11.7. The normalized spacial score (nSPS) is 15.4. The number of alkyl halides is 3. The van der Waals surface area contributed by atoms with Gasteiger partial charge in [-0.15, -0.1) is 0 Å². The third kappa shape index (κ3) is 7.98. The molecule has 102 valence electrons. The van der Waals surface area contributed by atoms with E-state index in [1.54, 1.807) is 0 Å². The largest absolute Gasteiger partial charge is 0.468 e. The summed E-state index contributed by atoms with van der Waals surface area (Å²) in [6, 6.07) is 0. The molecule has 4 nitrogen and oxygen atoms in total. The first kappa shape index (κ1) is 16.2. The van der Waals surface area contributed by atoms with Crippen LogP contribution >= 0.6 is 0 Å². The van der Waals surface area contributed by atoms with Crippen LogP contribution in [0, 0.1) is 0 Å². The molecular formula is C10H18F3NO3. The van der Waals surface area contributed by atoms with E-state index in [4.69, 9.17) is 5.73 Å². The molecule has 0 aliphatic heterocycles. The van der Waals surface area contributed by atoms with Gasteiger partial charge in [-0.1, -0.05) is 0 Å². The molecule has 0 aromatic rings. The molecule has 0 spiro atoms. The highest BCUT2D eigenvalue weighted by molar-refractivity contribution is 5.79. The van der Waals surface area contributed by atoms with Gasteiger partial charge in [0.15, 0.2) is 0 Å². The predicted octanol–water partition coefficient (Wildman–Crippen LogP) is 1.63. The number of nitrogens with two attached hydrogens (primary N) is 1. The molecule has 0 heterocycles. The van der Waals surface area contributed by atoms with Gasteiger partial charge in [0.25, 0.3) is 0 Å². The topological polar surface area (TPSA) is 61.5 Å². The molecule has 0 amide bonds. The van der Waals surface area contributed by atoms with Crippen LogP contribution in [-0.4, -0.2) is 38.0 Å². The van der Waals surface area contributed by atoms with Gasteiger partial charge in [-0.2, -0.15) is 13.2 Å². The van der Waals surface area contributed by atoms with Gasteiger partial charge in [-0.25, -0.2) is 0 Å². The Morgan fingerprint density at radius 1 is 1.29 bits per heavy atom. The SMILES string of the molecule is COC(=O)C(C)(N)CCCCOCC(F)(F)F. The van der Waals surface area contributed by atoms with E-state index in [2.05, 4.69) is 9.47 Å². The second-order valence-corrected chi connectivity index (χ2v) is 4.03. The van der Waals surface area contributed by atoms with Crippen molar-refractivity contribution in [3.8, 4) is 0 Å². The van der Waals surface area contributed by atoms with Crippen molar-refractivity contribution in [1.29, 1.82) is 0 Å². The van der Waals surface area contributed by atoms with Crippen LogP contribution in [0.15, 0.2) is 0 Å². The van der Waals surface area contributed by atoms with Crippen molar-refractivity contribution in [2.24, 2.45) is 5.73 Å². The van der Waals surface area contributed by atoms with Crippen molar-refractivity contribution in [2.45, 2.75) is 37.9 Å². The number of hydrogen-bond donors (Lipinski definition) is 1. The molecule has 17 heavy (non-hydrogen) atoms. The lowest BCUT2D eigenvalue weighted by Crippen LogP contribution is -2.45. The average Bonchev–Trinajstić information content (AvgIpc) is 2.20. The molecule has 0 aromatic heterocycles. The monoisotopic (exact) mass is 257 g/mol. The first-order valence-electron chi connectivity index (χ1n) is 5.21. The number of methoxy groups -OCH3 is 1. The fraction of sp³-hybridized carbons (Fsp3) is 0.900. The molecule has 1 unspecified atom stereocenters. The lowest BCUT2D eigenvalue weighted by molar-refractivity contribution is -0.174. The summed E-state index contributed by atoms with van der Waals surface area (Å²) in [7, 11) is 1.24. The molecule has 0 aliphatic rings. The molecule has 0 saturated heterocycles. The van der Waals surface area contributed by atoms with Crippen LogP contribution < -0.4 is 5.73 Å². The summed E-state index contributed by atoms with van der Waals surface area (Å²) in [5, 5.41) is 0. The highest BCUT2D eigenvalue weighted by atomic mass is 19.4. The minimum Gasteiger partial charge on any atom is -0.468 e. The highest BCUT2D eigenvalue weighted by Gasteiger charge is 2.29. The summed E-state index contributed by atoms with van der Waals surface area (Å²) in [5.74, 6) is -0.534. The number of carbonyl (C=O) groups excluding carboxylic acids is 1. The second kappa shape index (κ2) is 6.80. The summed E-state index contributed by atoms with van der Waals surface area (Å²) < 4.78 is 44.0. The van der Waals surface area contributed by atoms with Crippen LogP contribution in [0.1, 0.15) is 26.2 Å². The quantitative estimate of drug-likeness (QED) is 0.556. The van der Waals surface area contributed by atoms with Gasteiger partial charge in [-0.05, 0) is 26.2 Å². The van der Waals surface area contributed by atoms with Crippen molar-refractivity contribution < 1.29 is 27.4 Å². The molecule has 0 rings (SSSR count). The number of rotatable bonds is 7. The van der Waals surface area contributed by atoms with Crippen LogP contribution in [0.4, 0.5) is 13.2 Å². The minimum absolute atomic E-state index is 0.00321. The van der Waals surface area contributed by atoms with E-state index >= 15 is 0 Å². The van der Waals surface area contributed by atoms with Crippen molar-refractivity contribution in [3.63, 3.8) is 0 Å². The summed E-state index contributed by atoms with van der Waals surface area (Å²) >= 11 is 0. The maximum atomic E-state index is 11.7. The van der Waals surface area contributed by atoms with Crippen LogP contribution in [-0.2, 0) is 14.3 Å². The molecule has 7 heteroatoms.